The van der Waals surface area contributed by atoms with E-state index in [1.807, 2.05) is 12.1 Å². The van der Waals surface area contributed by atoms with Crippen LogP contribution in [0.5, 0.6) is 5.75 Å². The molecule has 2 aliphatic carbocycles. The number of alkyl halides is 3. The smallest absolute Gasteiger partial charge is 0.439 e. The first-order valence-electron chi connectivity index (χ1n) is 10.5. The molecule has 0 spiro atoms. The molecule has 1 atom stereocenters. The molecule has 1 fully saturated rings. The van der Waals surface area contributed by atoms with Crippen LogP contribution in [0.1, 0.15) is 65.1 Å². The Morgan fingerprint density at radius 2 is 2.00 bits per heavy atom. The third-order valence-corrected chi connectivity index (χ3v) is 5.61. The van der Waals surface area contributed by atoms with Crippen LogP contribution in [0.3, 0.4) is 0 Å². The predicted molar refractivity (Wildman–Crippen MR) is 108 cm³/mol. The van der Waals surface area contributed by atoms with Crippen LogP contribution < -0.4 is 10.1 Å². The summed E-state index contributed by atoms with van der Waals surface area (Å²) in [6.45, 7) is 0. The minimum absolute atomic E-state index is 0.0711. The summed E-state index contributed by atoms with van der Waals surface area (Å²) in [5.74, 6) is 0.630. The molecular formula is C23H20F3N3O3. The van der Waals surface area contributed by atoms with Gasteiger partial charge in [0, 0.05) is 28.9 Å². The minimum atomic E-state index is -4.82. The number of fused-ring (bicyclic) bond motifs is 1. The molecule has 166 valence electrons. The van der Waals surface area contributed by atoms with E-state index >= 15 is 0 Å². The van der Waals surface area contributed by atoms with Gasteiger partial charge in [-0.3, -0.25) is 9.78 Å². The van der Waals surface area contributed by atoms with Crippen LogP contribution in [-0.4, -0.2) is 22.2 Å². The Morgan fingerprint density at radius 3 is 2.78 bits per heavy atom. The third-order valence-electron chi connectivity index (χ3n) is 5.61. The zero-order valence-electron chi connectivity index (χ0n) is 17.0. The lowest BCUT2D eigenvalue weighted by Crippen LogP contribution is -2.30. The molecule has 1 N–H and O–H groups in total. The number of aromatic nitrogens is 2. The highest BCUT2D eigenvalue weighted by atomic mass is 19.4. The van der Waals surface area contributed by atoms with Gasteiger partial charge in [-0.25, -0.2) is 4.98 Å². The fourth-order valence-corrected chi connectivity index (χ4v) is 3.94. The lowest BCUT2D eigenvalue weighted by Gasteiger charge is -2.21. The maximum absolute atomic E-state index is 12.7. The maximum atomic E-state index is 12.7. The van der Waals surface area contributed by atoms with Gasteiger partial charge in [-0.05, 0) is 62.4 Å². The topological polar surface area (TPSA) is 77.3 Å². The number of carbonyl (C=O) groups is 1. The Hall–Kier alpha value is -3.36. The molecule has 0 unspecified atom stereocenters. The normalized spacial score (nSPS) is 18.2. The molecule has 6 nitrogen and oxygen atoms in total. The van der Waals surface area contributed by atoms with Crippen LogP contribution in [0.2, 0.25) is 0 Å². The van der Waals surface area contributed by atoms with Crippen LogP contribution in [0.4, 0.5) is 13.2 Å². The van der Waals surface area contributed by atoms with Gasteiger partial charge < -0.3 is 14.5 Å². The molecular weight excluding hydrogens is 423 g/mol. The number of rotatable bonds is 5. The first-order valence-corrected chi connectivity index (χ1v) is 10.5. The summed E-state index contributed by atoms with van der Waals surface area (Å²) in [5, 5.41) is 2.86. The second-order valence-electron chi connectivity index (χ2n) is 8.07. The van der Waals surface area contributed by atoms with E-state index in [4.69, 9.17) is 4.42 Å². The summed E-state index contributed by atoms with van der Waals surface area (Å²) >= 11 is 0. The number of halogens is 3. The van der Waals surface area contributed by atoms with Crippen molar-refractivity contribution in [1.29, 1.82) is 0 Å². The molecule has 0 saturated heterocycles. The lowest BCUT2D eigenvalue weighted by atomic mass is 9.96. The molecule has 9 heteroatoms. The van der Waals surface area contributed by atoms with Gasteiger partial charge in [0.15, 0.2) is 0 Å². The van der Waals surface area contributed by atoms with Gasteiger partial charge in [-0.2, -0.15) is 0 Å². The number of nitrogens with zero attached hydrogens (tertiary/aromatic N) is 2. The summed E-state index contributed by atoms with van der Waals surface area (Å²) in [5.41, 5.74) is 2.74. The molecule has 0 aliphatic heterocycles. The minimum Gasteiger partial charge on any atom is -0.439 e. The monoisotopic (exact) mass is 443 g/mol. The number of carbonyl (C=O) groups excluding carboxylic acids is 1. The van der Waals surface area contributed by atoms with Crippen LogP contribution in [0.15, 0.2) is 47.0 Å². The first-order chi connectivity index (χ1) is 15.4. The Bertz CT molecular complexity index is 1150. The van der Waals surface area contributed by atoms with Crippen molar-refractivity contribution >= 4 is 5.91 Å². The number of aryl methyl sites for hydroxylation is 1. The van der Waals surface area contributed by atoms with Gasteiger partial charge in [-0.1, -0.05) is 6.07 Å². The average molecular weight is 443 g/mol. The number of pyridine rings is 1. The van der Waals surface area contributed by atoms with Crippen molar-refractivity contribution < 1.29 is 27.1 Å². The van der Waals surface area contributed by atoms with Crippen LogP contribution in [0.25, 0.3) is 11.5 Å². The molecule has 2 heterocycles. The molecule has 1 aromatic carbocycles. The Labute approximate surface area is 181 Å². The molecule has 32 heavy (non-hydrogen) atoms. The summed E-state index contributed by atoms with van der Waals surface area (Å²) < 4.78 is 47.4. The van der Waals surface area contributed by atoms with E-state index in [1.54, 1.807) is 6.20 Å². The van der Waals surface area contributed by atoms with Gasteiger partial charge in [0.25, 0.3) is 5.91 Å². The summed E-state index contributed by atoms with van der Waals surface area (Å²) in [6, 6.07) is 8.42. The molecule has 1 saturated carbocycles. The molecule has 0 radical (unpaired) electrons. The van der Waals surface area contributed by atoms with Crippen molar-refractivity contribution in [3.63, 3.8) is 0 Å². The van der Waals surface area contributed by atoms with E-state index in [0.717, 1.165) is 54.8 Å². The Balaban J connectivity index is 1.35. The highest BCUT2D eigenvalue weighted by Crippen LogP contribution is 2.40. The van der Waals surface area contributed by atoms with Gasteiger partial charge in [0.05, 0.1) is 11.7 Å². The van der Waals surface area contributed by atoms with E-state index in [1.165, 1.54) is 12.1 Å². The van der Waals surface area contributed by atoms with Crippen LogP contribution >= 0.6 is 0 Å². The van der Waals surface area contributed by atoms with Crippen molar-refractivity contribution in [1.82, 2.24) is 15.3 Å². The maximum Gasteiger partial charge on any atom is 0.573 e. The third kappa shape index (κ3) is 4.46. The molecule has 3 aromatic rings. The standard InChI is InChI=1S/C23H20F3N3O3/c24-23(25,26)32-16-4-1-3-14(11-16)21(30)28-17-5-2-6-18-20(17)31-22(29-18)15-9-10-27-19(12-15)13-7-8-13/h1,3-4,9-13,17H,2,5-8H2,(H,28,30)/t17-/m0/s1. The highest BCUT2D eigenvalue weighted by Gasteiger charge is 2.32. The van der Waals surface area contributed by atoms with Crippen molar-refractivity contribution in [2.24, 2.45) is 0 Å². The molecule has 5 rings (SSSR count). The molecule has 2 aromatic heterocycles. The SMILES string of the molecule is O=C(N[C@H]1CCCc2nc(-c3ccnc(C4CC4)c3)oc21)c1cccc(OC(F)(F)F)c1. The van der Waals surface area contributed by atoms with E-state index in [0.29, 0.717) is 24.0 Å². The fraction of sp³-hybridized carbons (Fsp3) is 0.348. The number of ether oxygens (including phenoxy) is 1. The largest absolute Gasteiger partial charge is 0.573 e. The molecule has 1 amide bonds. The van der Waals surface area contributed by atoms with Crippen LogP contribution in [-0.2, 0) is 6.42 Å². The predicted octanol–water partition coefficient (Wildman–Crippen LogP) is 5.32. The van der Waals surface area contributed by atoms with Crippen molar-refractivity contribution in [3.05, 3.63) is 65.3 Å². The Morgan fingerprint density at radius 1 is 1.16 bits per heavy atom. The van der Waals surface area contributed by atoms with E-state index in [2.05, 4.69) is 20.0 Å². The summed E-state index contributed by atoms with van der Waals surface area (Å²) in [7, 11) is 0. The number of hydrogen-bond donors (Lipinski definition) is 1. The van der Waals surface area contributed by atoms with Gasteiger partial charge in [-0.15, -0.1) is 13.2 Å². The number of oxazole rings is 1. The van der Waals surface area contributed by atoms with E-state index < -0.39 is 24.1 Å². The van der Waals surface area contributed by atoms with Crippen molar-refractivity contribution in [2.45, 2.75) is 50.4 Å². The number of benzene rings is 1. The quantitative estimate of drug-likeness (QED) is 0.578. The second-order valence-corrected chi connectivity index (χ2v) is 8.07. The van der Waals surface area contributed by atoms with Crippen molar-refractivity contribution in [3.8, 4) is 17.2 Å². The molecule has 2 aliphatic rings. The Kier molecular flexibility index (Phi) is 5.11. The number of nitrogens with one attached hydrogen (secondary N) is 1. The first kappa shape index (κ1) is 20.5. The molecule has 0 bridgehead atoms. The summed E-state index contributed by atoms with van der Waals surface area (Å²) in [4.78, 5) is 21.8. The lowest BCUT2D eigenvalue weighted by molar-refractivity contribution is -0.274. The zero-order chi connectivity index (χ0) is 22.3. The second kappa shape index (κ2) is 7.96. The fourth-order valence-electron chi connectivity index (χ4n) is 3.94. The highest BCUT2D eigenvalue weighted by molar-refractivity contribution is 5.94. The van der Waals surface area contributed by atoms with Crippen LogP contribution in [0, 0.1) is 0 Å². The van der Waals surface area contributed by atoms with Crippen molar-refractivity contribution in [2.75, 3.05) is 0 Å². The summed E-state index contributed by atoms with van der Waals surface area (Å²) in [6.07, 6.45) is 1.41. The van der Waals surface area contributed by atoms with Gasteiger partial charge in [0.2, 0.25) is 5.89 Å². The number of amides is 1. The zero-order valence-corrected chi connectivity index (χ0v) is 17.0. The number of hydrogen-bond acceptors (Lipinski definition) is 5. The average Bonchev–Trinajstić information content (AvgIpc) is 3.51. The van der Waals surface area contributed by atoms with E-state index in [9.17, 15) is 18.0 Å². The van der Waals surface area contributed by atoms with Gasteiger partial charge >= 0.3 is 6.36 Å². The van der Waals surface area contributed by atoms with Gasteiger partial charge in [0.1, 0.15) is 11.5 Å². The van der Waals surface area contributed by atoms with E-state index in [-0.39, 0.29) is 5.56 Å².